The van der Waals surface area contributed by atoms with Crippen molar-refractivity contribution in [3.05, 3.63) is 12.7 Å². The maximum atomic E-state index is 14.1. The van der Waals surface area contributed by atoms with Gasteiger partial charge in [-0.3, -0.25) is 19.2 Å². The number of hydrogen-bond acceptors (Lipinski definition) is 7. The Labute approximate surface area is 243 Å². The molecule has 0 aromatic heterocycles. The van der Waals surface area contributed by atoms with E-state index in [1.165, 1.54) is 11.0 Å². The molecule has 0 bridgehead atoms. The third kappa shape index (κ3) is 10.1. The second-order valence-corrected chi connectivity index (χ2v) is 14.5. The number of urea groups is 1. The first-order chi connectivity index (χ1) is 19.1. The molecule has 5 amide bonds. The van der Waals surface area contributed by atoms with Crippen molar-refractivity contribution >= 4 is 39.4 Å². The van der Waals surface area contributed by atoms with E-state index < -0.39 is 68.3 Å². The highest BCUT2D eigenvalue weighted by molar-refractivity contribution is 7.91. The van der Waals surface area contributed by atoms with Gasteiger partial charge < -0.3 is 26.2 Å². The van der Waals surface area contributed by atoms with Gasteiger partial charge in [0.15, 0.2) is 9.84 Å². The van der Waals surface area contributed by atoms with Crippen LogP contribution in [0.2, 0.25) is 0 Å². The summed E-state index contributed by atoms with van der Waals surface area (Å²) < 4.78 is 25.1. The minimum atomic E-state index is -3.63. The van der Waals surface area contributed by atoms with E-state index in [4.69, 9.17) is 0 Å². The van der Waals surface area contributed by atoms with Gasteiger partial charge in [-0.2, -0.15) is 0 Å². The second-order valence-electron chi connectivity index (χ2n) is 12.1. The fourth-order valence-corrected chi connectivity index (χ4v) is 6.34. The molecule has 41 heavy (non-hydrogen) atoms. The van der Waals surface area contributed by atoms with Crippen LogP contribution in [0.4, 0.5) is 4.79 Å². The molecule has 0 spiro atoms. The zero-order chi connectivity index (χ0) is 31.0. The van der Waals surface area contributed by atoms with Crippen molar-refractivity contribution in [2.75, 3.05) is 19.3 Å². The quantitative estimate of drug-likeness (QED) is 0.193. The third-order valence-corrected chi connectivity index (χ3v) is 9.01. The van der Waals surface area contributed by atoms with Gasteiger partial charge in [-0.15, -0.1) is 6.58 Å². The van der Waals surface area contributed by atoms with Crippen molar-refractivity contribution in [2.45, 2.75) is 108 Å². The Balaban J connectivity index is 2.36. The molecule has 2 rings (SSSR count). The zero-order valence-electron chi connectivity index (χ0n) is 25.0. The molecule has 1 aliphatic heterocycles. The van der Waals surface area contributed by atoms with Gasteiger partial charge in [0.1, 0.15) is 12.1 Å². The summed E-state index contributed by atoms with van der Waals surface area (Å²) in [6, 6.07) is -3.81. The first-order valence-electron chi connectivity index (χ1n) is 14.4. The number of nitrogens with zero attached hydrogens (tertiary/aromatic N) is 1. The summed E-state index contributed by atoms with van der Waals surface area (Å²) in [6.07, 6.45) is 7.21. The van der Waals surface area contributed by atoms with Crippen molar-refractivity contribution in [1.29, 1.82) is 0 Å². The predicted molar refractivity (Wildman–Crippen MR) is 156 cm³/mol. The molecule has 0 aromatic rings. The van der Waals surface area contributed by atoms with Gasteiger partial charge in [-0.25, -0.2) is 13.2 Å². The smallest absolute Gasteiger partial charge is 0.315 e. The lowest BCUT2D eigenvalue weighted by atomic mass is 9.83. The average Bonchev–Trinajstić information content (AvgIpc) is 3.35. The van der Waals surface area contributed by atoms with E-state index in [1.807, 2.05) is 20.8 Å². The topological polar surface area (TPSA) is 171 Å². The minimum Gasteiger partial charge on any atom is -0.346 e. The number of hydrogen-bond donors (Lipinski definition) is 4. The van der Waals surface area contributed by atoms with Crippen molar-refractivity contribution in [3.63, 3.8) is 0 Å². The number of rotatable bonds is 12. The molecule has 232 valence electrons. The van der Waals surface area contributed by atoms with Crippen LogP contribution in [0.5, 0.6) is 0 Å². The molecule has 12 nitrogen and oxygen atoms in total. The van der Waals surface area contributed by atoms with Gasteiger partial charge in [0.25, 0.3) is 5.91 Å². The minimum absolute atomic E-state index is 0.0800. The molecule has 2 aliphatic rings. The maximum Gasteiger partial charge on any atom is 0.315 e. The number of carbonyl (C=O) groups excluding carboxylic acids is 5. The van der Waals surface area contributed by atoms with Crippen LogP contribution in [0.15, 0.2) is 12.7 Å². The van der Waals surface area contributed by atoms with E-state index in [0.29, 0.717) is 19.3 Å². The van der Waals surface area contributed by atoms with E-state index in [9.17, 15) is 32.4 Å². The Hall–Kier alpha value is -2.96. The van der Waals surface area contributed by atoms with Gasteiger partial charge in [-0.1, -0.05) is 38.7 Å². The van der Waals surface area contributed by atoms with Crippen LogP contribution in [-0.2, 0) is 29.0 Å². The van der Waals surface area contributed by atoms with Gasteiger partial charge in [0.2, 0.25) is 17.6 Å². The molecule has 1 saturated carbocycles. The van der Waals surface area contributed by atoms with E-state index in [1.54, 1.807) is 6.92 Å². The fourth-order valence-electron chi connectivity index (χ4n) is 5.38. The van der Waals surface area contributed by atoms with Gasteiger partial charge in [-0.05, 0) is 52.4 Å². The SMILES string of the molecule is C=CCNC(=O)C(=O)C(CCC)NC(=O)[C@@H]1CC(S(C)(=O)=O)CN1C(=O)[C@@H](NC(=O)NC(C)(C)C)C1CCCCC1. The highest BCUT2D eigenvalue weighted by Crippen LogP contribution is 2.31. The molecule has 2 fully saturated rings. The van der Waals surface area contributed by atoms with E-state index in [0.717, 1.165) is 25.5 Å². The summed E-state index contributed by atoms with van der Waals surface area (Å²) in [5, 5.41) is 9.62. The number of sulfone groups is 1. The number of Topliss-reactive ketones (excluding diaryl/α,β-unsaturated/α-hetero) is 1. The third-order valence-electron chi connectivity index (χ3n) is 7.46. The molecule has 0 aromatic carbocycles. The summed E-state index contributed by atoms with van der Waals surface area (Å²) in [4.78, 5) is 66.8. The van der Waals surface area contributed by atoms with Crippen molar-refractivity contribution in [1.82, 2.24) is 26.2 Å². The lowest BCUT2D eigenvalue weighted by Gasteiger charge is -2.35. The molecular weight excluding hydrogens is 550 g/mol. The number of likely N-dealkylation sites (tertiary alicyclic amines) is 1. The highest BCUT2D eigenvalue weighted by atomic mass is 32.2. The number of ketones is 1. The Bertz CT molecular complexity index is 1100. The van der Waals surface area contributed by atoms with Crippen LogP contribution >= 0.6 is 0 Å². The van der Waals surface area contributed by atoms with Crippen LogP contribution < -0.4 is 21.3 Å². The Morgan fingerprint density at radius 3 is 2.22 bits per heavy atom. The standard InChI is InChI=1S/C28H47N5O7S/c1-7-12-20(23(34)25(36)29-15-8-2)30-24(35)21-16-19(41(6,39)40)17-33(21)26(37)22(18-13-10-9-11-14-18)31-27(38)32-28(3,4)5/h8,18-22H,2,7,9-17H2,1,3-6H3,(H,29,36)(H,30,35)(H2,31,32,38)/t19?,20?,21-,22-/m0/s1. The van der Waals surface area contributed by atoms with Gasteiger partial charge in [0, 0.05) is 24.9 Å². The van der Waals surface area contributed by atoms with E-state index in [2.05, 4.69) is 27.8 Å². The van der Waals surface area contributed by atoms with E-state index in [-0.39, 0.29) is 31.8 Å². The molecule has 2 unspecified atom stereocenters. The molecule has 13 heteroatoms. The molecule has 1 heterocycles. The Kier molecular flexibility index (Phi) is 12.3. The van der Waals surface area contributed by atoms with E-state index >= 15 is 0 Å². The van der Waals surface area contributed by atoms with Crippen LogP contribution in [0, 0.1) is 5.92 Å². The normalized spacial score (nSPS) is 21.3. The van der Waals surface area contributed by atoms with Crippen LogP contribution in [0.25, 0.3) is 0 Å². The Morgan fingerprint density at radius 1 is 1.05 bits per heavy atom. The largest absolute Gasteiger partial charge is 0.346 e. The summed E-state index contributed by atoms with van der Waals surface area (Å²) in [5.41, 5.74) is -0.555. The lowest BCUT2D eigenvalue weighted by molar-refractivity contribution is -0.143. The summed E-state index contributed by atoms with van der Waals surface area (Å²) in [7, 11) is -3.63. The molecule has 0 radical (unpaired) electrons. The molecule has 1 saturated heterocycles. The number of nitrogens with one attached hydrogen (secondary N) is 4. The maximum absolute atomic E-state index is 14.1. The Morgan fingerprint density at radius 2 is 1.68 bits per heavy atom. The average molecular weight is 598 g/mol. The van der Waals surface area contributed by atoms with Crippen molar-refractivity contribution in [2.24, 2.45) is 5.92 Å². The summed E-state index contributed by atoms with van der Waals surface area (Å²) in [6.45, 7) is 10.6. The molecule has 4 N–H and O–H groups in total. The lowest BCUT2D eigenvalue weighted by Crippen LogP contribution is -2.60. The van der Waals surface area contributed by atoms with Crippen LogP contribution in [0.3, 0.4) is 0 Å². The monoisotopic (exact) mass is 597 g/mol. The van der Waals surface area contributed by atoms with Gasteiger partial charge >= 0.3 is 6.03 Å². The second kappa shape index (κ2) is 14.8. The first kappa shape index (κ1) is 34.2. The van der Waals surface area contributed by atoms with Crippen molar-refractivity contribution < 1.29 is 32.4 Å². The fraction of sp³-hybridized carbons (Fsp3) is 0.750. The van der Waals surface area contributed by atoms with Crippen LogP contribution in [0.1, 0.15) is 79.1 Å². The first-order valence-corrected chi connectivity index (χ1v) is 16.4. The molecule has 1 aliphatic carbocycles. The van der Waals surface area contributed by atoms with Crippen molar-refractivity contribution in [3.8, 4) is 0 Å². The number of carbonyl (C=O) groups is 5. The van der Waals surface area contributed by atoms with Gasteiger partial charge in [0.05, 0.1) is 11.3 Å². The summed E-state index contributed by atoms with van der Waals surface area (Å²) in [5.74, 6) is -3.13. The number of amides is 5. The highest BCUT2D eigenvalue weighted by Gasteiger charge is 2.47. The van der Waals surface area contributed by atoms with Crippen LogP contribution in [-0.4, -0.2) is 91.1 Å². The zero-order valence-corrected chi connectivity index (χ0v) is 25.8. The molecular formula is C28H47N5O7S. The summed E-state index contributed by atoms with van der Waals surface area (Å²) >= 11 is 0. The molecule has 4 atom stereocenters. The predicted octanol–water partition coefficient (Wildman–Crippen LogP) is 1.20.